The first kappa shape index (κ1) is 21.6. The van der Waals surface area contributed by atoms with Crippen LogP contribution in [-0.4, -0.2) is 45.2 Å². The summed E-state index contributed by atoms with van der Waals surface area (Å²) in [5.41, 5.74) is 3.47. The molecule has 34 heavy (non-hydrogen) atoms. The Kier molecular flexibility index (Phi) is 5.45. The quantitative estimate of drug-likeness (QED) is 0.496. The van der Waals surface area contributed by atoms with Crippen LogP contribution in [0, 0.1) is 0 Å². The minimum absolute atomic E-state index is 0.0207. The second kappa shape index (κ2) is 8.58. The number of hydrogen-bond donors (Lipinski definition) is 3. The zero-order chi connectivity index (χ0) is 23.7. The second-order valence-corrected chi connectivity index (χ2v) is 8.41. The average Bonchev–Trinajstić information content (AvgIpc) is 3.56. The predicted molar refractivity (Wildman–Crippen MR) is 121 cm³/mol. The van der Waals surface area contributed by atoms with Crippen LogP contribution in [0.4, 0.5) is 4.79 Å². The number of nitrogens with one attached hydrogen (secondary N) is 2. The Bertz CT molecular complexity index is 1220. The number of hydrogen-bond acceptors (Lipinski definition) is 6. The lowest BCUT2D eigenvalue weighted by Crippen LogP contribution is -2.49. The van der Waals surface area contributed by atoms with Crippen molar-refractivity contribution < 1.29 is 24.2 Å². The first-order chi connectivity index (χ1) is 16.5. The van der Waals surface area contributed by atoms with Gasteiger partial charge in [-0.25, -0.2) is 19.6 Å². The molecule has 2 aromatic carbocycles. The largest absolute Gasteiger partial charge is 0.478 e. The Balaban J connectivity index is 1.17. The molecule has 1 fully saturated rings. The summed E-state index contributed by atoms with van der Waals surface area (Å²) in [6.07, 6.45) is 2.72. The summed E-state index contributed by atoms with van der Waals surface area (Å²) in [4.78, 5) is 44.0. The molecule has 0 saturated heterocycles. The van der Waals surface area contributed by atoms with Crippen molar-refractivity contribution in [2.24, 2.45) is 0 Å². The molecule has 2 aliphatic carbocycles. The van der Waals surface area contributed by atoms with E-state index in [4.69, 9.17) is 9.84 Å². The van der Waals surface area contributed by atoms with Crippen molar-refractivity contribution in [2.45, 2.75) is 30.8 Å². The van der Waals surface area contributed by atoms with Crippen LogP contribution in [0.25, 0.3) is 11.1 Å². The number of aromatic nitrogens is 2. The van der Waals surface area contributed by atoms with Gasteiger partial charge in [0.2, 0.25) is 5.91 Å². The Hall–Kier alpha value is -4.27. The number of carboxylic acid groups (broad SMARTS) is 1. The van der Waals surface area contributed by atoms with Crippen molar-refractivity contribution in [1.82, 2.24) is 20.6 Å². The number of nitrogens with zero attached hydrogens (tertiary/aromatic N) is 2. The third-order valence-corrected chi connectivity index (χ3v) is 6.23. The zero-order valence-electron chi connectivity index (χ0n) is 18.2. The highest BCUT2D eigenvalue weighted by atomic mass is 16.5. The summed E-state index contributed by atoms with van der Waals surface area (Å²) in [6, 6.07) is 16.2. The van der Waals surface area contributed by atoms with Gasteiger partial charge in [-0.2, -0.15) is 0 Å². The van der Waals surface area contributed by atoms with Gasteiger partial charge in [0.1, 0.15) is 18.0 Å². The fourth-order valence-electron chi connectivity index (χ4n) is 4.25. The van der Waals surface area contributed by atoms with Crippen LogP contribution in [-0.2, 0) is 16.1 Å². The fourth-order valence-corrected chi connectivity index (χ4v) is 4.25. The second-order valence-electron chi connectivity index (χ2n) is 8.41. The standard InChI is InChI=1S/C25H22N4O5/c30-22(31)15-11-26-21(27-12-15)13-28-23(32)25(9-10-25)29-24(33)34-14-20-18-7-3-1-5-16(18)17-6-2-4-8-19(17)20/h1-8,11-12,20H,9-10,13-14H2,(H,28,32)(H,29,33)(H,30,31). The fraction of sp³-hybridized carbons (Fsp3) is 0.240. The van der Waals surface area contributed by atoms with Crippen LogP contribution in [0.5, 0.6) is 0 Å². The molecule has 0 atom stereocenters. The first-order valence-electron chi connectivity index (χ1n) is 10.9. The maximum atomic E-state index is 12.7. The Morgan fingerprint density at radius 1 is 0.971 bits per heavy atom. The molecular formula is C25H22N4O5. The molecule has 0 unspecified atom stereocenters. The summed E-state index contributed by atoms with van der Waals surface area (Å²) in [5.74, 6) is -1.27. The zero-order valence-corrected chi connectivity index (χ0v) is 18.2. The van der Waals surface area contributed by atoms with Gasteiger partial charge in [-0.1, -0.05) is 48.5 Å². The number of fused-ring (bicyclic) bond motifs is 3. The summed E-state index contributed by atoms with van der Waals surface area (Å²) >= 11 is 0. The topological polar surface area (TPSA) is 131 Å². The van der Waals surface area contributed by atoms with E-state index in [1.807, 2.05) is 36.4 Å². The van der Waals surface area contributed by atoms with E-state index in [0.29, 0.717) is 12.8 Å². The molecule has 1 heterocycles. The number of benzene rings is 2. The average molecular weight is 458 g/mol. The molecule has 0 spiro atoms. The number of amides is 2. The van der Waals surface area contributed by atoms with Gasteiger partial charge in [0.25, 0.3) is 0 Å². The molecule has 0 radical (unpaired) electrons. The van der Waals surface area contributed by atoms with Crippen LogP contribution in [0.2, 0.25) is 0 Å². The number of rotatable bonds is 7. The molecule has 3 N–H and O–H groups in total. The van der Waals surface area contributed by atoms with Crippen LogP contribution >= 0.6 is 0 Å². The molecule has 3 aromatic rings. The molecule has 0 bridgehead atoms. The number of carbonyl (C=O) groups is 3. The van der Waals surface area contributed by atoms with Crippen molar-refractivity contribution in [3.05, 3.63) is 83.4 Å². The van der Waals surface area contributed by atoms with Crippen LogP contribution in [0.3, 0.4) is 0 Å². The summed E-state index contributed by atoms with van der Waals surface area (Å²) in [7, 11) is 0. The molecule has 9 nitrogen and oxygen atoms in total. The van der Waals surface area contributed by atoms with Gasteiger partial charge in [0.05, 0.1) is 12.1 Å². The van der Waals surface area contributed by atoms with Gasteiger partial charge in [0, 0.05) is 18.3 Å². The number of alkyl carbamates (subject to hydrolysis) is 1. The van der Waals surface area contributed by atoms with Gasteiger partial charge in [0.15, 0.2) is 0 Å². The van der Waals surface area contributed by atoms with E-state index < -0.39 is 17.6 Å². The monoisotopic (exact) mass is 458 g/mol. The van der Waals surface area contributed by atoms with Crippen molar-refractivity contribution in [2.75, 3.05) is 6.61 Å². The summed E-state index contributed by atoms with van der Waals surface area (Å²) in [5, 5.41) is 14.3. The van der Waals surface area contributed by atoms with E-state index in [0.717, 1.165) is 22.3 Å². The minimum atomic E-state index is -1.13. The molecule has 1 saturated carbocycles. The number of ether oxygens (including phenoxy) is 1. The predicted octanol–water partition coefficient (Wildman–Crippen LogP) is 2.86. The highest BCUT2D eigenvalue weighted by Crippen LogP contribution is 2.44. The van der Waals surface area contributed by atoms with Gasteiger partial charge in [-0.05, 0) is 35.1 Å². The lowest BCUT2D eigenvalue weighted by molar-refractivity contribution is -0.124. The van der Waals surface area contributed by atoms with E-state index in [9.17, 15) is 14.4 Å². The molecule has 9 heteroatoms. The highest BCUT2D eigenvalue weighted by molar-refractivity contribution is 5.92. The van der Waals surface area contributed by atoms with Crippen molar-refractivity contribution in [1.29, 1.82) is 0 Å². The first-order valence-corrected chi connectivity index (χ1v) is 10.9. The summed E-state index contributed by atoms with van der Waals surface area (Å²) < 4.78 is 5.55. The maximum absolute atomic E-state index is 12.7. The number of carbonyl (C=O) groups excluding carboxylic acids is 2. The van der Waals surface area contributed by atoms with Gasteiger partial charge >= 0.3 is 12.1 Å². The maximum Gasteiger partial charge on any atom is 0.408 e. The molecule has 5 rings (SSSR count). The summed E-state index contributed by atoms with van der Waals surface area (Å²) in [6.45, 7) is 0.189. The smallest absolute Gasteiger partial charge is 0.408 e. The van der Waals surface area contributed by atoms with Crippen molar-refractivity contribution in [3.63, 3.8) is 0 Å². The molecule has 172 valence electrons. The van der Waals surface area contributed by atoms with E-state index in [1.165, 1.54) is 12.4 Å². The molecule has 2 aliphatic rings. The number of aromatic carboxylic acids is 1. The van der Waals surface area contributed by atoms with Crippen LogP contribution in [0.15, 0.2) is 60.9 Å². The Morgan fingerprint density at radius 3 is 2.12 bits per heavy atom. The van der Waals surface area contributed by atoms with Crippen LogP contribution in [0.1, 0.15) is 46.1 Å². The Labute approximate surface area is 195 Å². The third-order valence-electron chi connectivity index (χ3n) is 6.23. The third kappa shape index (κ3) is 4.07. The van der Waals surface area contributed by atoms with Crippen molar-refractivity contribution >= 4 is 18.0 Å². The van der Waals surface area contributed by atoms with E-state index in [2.05, 4.69) is 32.7 Å². The van der Waals surface area contributed by atoms with E-state index >= 15 is 0 Å². The van der Waals surface area contributed by atoms with E-state index in [-0.39, 0.29) is 36.4 Å². The van der Waals surface area contributed by atoms with Gasteiger partial charge in [-0.15, -0.1) is 0 Å². The van der Waals surface area contributed by atoms with Crippen molar-refractivity contribution in [3.8, 4) is 11.1 Å². The molecule has 1 aromatic heterocycles. The molecule has 2 amide bonds. The van der Waals surface area contributed by atoms with E-state index in [1.54, 1.807) is 0 Å². The molecular weight excluding hydrogens is 436 g/mol. The SMILES string of the molecule is O=C(NC1(C(=O)NCc2ncc(C(=O)O)cn2)CC1)OCC1c2ccccc2-c2ccccc21. The van der Waals surface area contributed by atoms with Crippen LogP contribution < -0.4 is 10.6 Å². The Morgan fingerprint density at radius 2 is 1.56 bits per heavy atom. The lowest BCUT2D eigenvalue weighted by atomic mass is 9.98. The minimum Gasteiger partial charge on any atom is -0.478 e. The molecule has 0 aliphatic heterocycles. The lowest BCUT2D eigenvalue weighted by Gasteiger charge is -2.19. The number of carboxylic acids is 1. The highest BCUT2D eigenvalue weighted by Gasteiger charge is 2.51. The van der Waals surface area contributed by atoms with Gasteiger partial charge in [-0.3, -0.25) is 4.79 Å². The van der Waals surface area contributed by atoms with Gasteiger partial charge < -0.3 is 20.5 Å². The normalized spacial score (nSPS) is 15.1.